The first-order valence-corrected chi connectivity index (χ1v) is 8.74. The standard InChI is InChI=1S/C17H32N2/c1-3-7-15-12-19(16-8-5-4-6-9-16)17(2,13-18-15)14-10-11-14/h14-16,18H,3-13H2,1-2H3. The number of hydrogen-bond donors (Lipinski definition) is 1. The molecule has 3 fully saturated rings. The van der Waals surface area contributed by atoms with Crippen molar-refractivity contribution in [1.82, 2.24) is 10.2 Å². The Bertz CT molecular complexity index is 294. The second-order valence-electron chi connectivity index (χ2n) is 7.44. The van der Waals surface area contributed by atoms with Crippen molar-refractivity contribution in [3.8, 4) is 0 Å². The quantitative estimate of drug-likeness (QED) is 0.835. The maximum absolute atomic E-state index is 3.86. The van der Waals surface area contributed by atoms with Gasteiger partial charge >= 0.3 is 0 Å². The third kappa shape index (κ3) is 2.85. The van der Waals surface area contributed by atoms with Crippen LogP contribution in [0.4, 0.5) is 0 Å². The predicted molar refractivity (Wildman–Crippen MR) is 81.4 cm³/mol. The van der Waals surface area contributed by atoms with Crippen LogP contribution in [0.15, 0.2) is 0 Å². The van der Waals surface area contributed by atoms with Crippen molar-refractivity contribution >= 4 is 0 Å². The van der Waals surface area contributed by atoms with E-state index in [1.165, 1.54) is 70.9 Å². The second-order valence-corrected chi connectivity index (χ2v) is 7.44. The first kappa shape index (κ1) is 13.9. The van der Waals surface area contributed by atoms with Crippen LogP contribution in [0.1, 0.15) is 71.6 Å². The Morgan fingerprint density at radius 3 is 2.47 bits per heavy atom. The van der Waals surface area contributed by atoms with E-state index >= 15 is 0 Å². The molecule has 2 heteroatoms. The lowest BCUT2D eigenvalue weighted by Crippen LogP contribution is -2.67. The van der Waals surface area contributed by atoms with Gasteiger partial charge in [0.05, 0.1) is 0 Å². The van der Waals surface area contributed by atoms with Crippen LogP contribution in [0.3, 0.4) is 0 Å². The minimum atomic E-state index is 0.465. The highest BCUT2D eigenvalue weighted by atomic mass is 15.3. The van der Waals surface area contributed by atoms with Crippen LogP contribution in [0, 0.1) is 5.92 Å². The molecule has 1 N–H and O–H groups in total. The van der Waals surface area contributed by atoms with Crippen molar-refractivity contribution in [3.05, 3.63) is 0 Å². The van der Waals surface area contributed by atoms with Gasteiger partial charge in [-0.25, -0.2) is 0 Å². The van der Waals surface area contributed by atoms with E-state index in [0.29, 0.717) is 5.54 Å². The van der Waals surface area contributed by atoms with Crippen LogP contribution in [0.2, 0.25) is 0 Å². The first-order valence-electron chi connectivity index (χ1n) is 8.74. The van der Waals surface area contributed by atoms with E-state index in [1.807, 2.05) is 0 Å². The summed E-state index contributed by atoms with van der Waals surface area (Å²) >= 11 is 0. The highest BCUT2D eigenvalue weighted by Gasteiger charge is 2.50. The van der Waals surface area contributed by atoms with Gasteiger partial charge in [0.15, 0.2) is 0 Å². The van der Waals surface area contributed by atoms with Crippen molar-refractivity contribution in [3.63, 3.8) is 0 Å². The van der Waals surface area contributed by atoms with E-state index in [9.17, 15) is 0 Å². The topological polar surface area (TPSA) is 15.3 Å². The Kier molecular flexibility index (Phi) is 4.19. The molecular formula is C17H32N2. The van der Waals surface area contributed by atoms with Crippen molar-refractivity contribution in [2.24, 2.45) is 5.92 Å². The Morgan fingerprint density at radius 1 is 1.11 bits per heavy atom. The molecule has 3 aliphatic rings. The molecule has 0 aromatic heterocycles. The fourth-order valence-corrected chi connectivity index (χ4v) is 4.55. The van der Waals surface area contributed by atoms with Gasteiger partial charge in [0.2, 0.25) is 0 Å². The third-order valence-electron chi connectivity index (χ3n) is 5.93. The predicted octanol–water partition coefficient (Wildman–Crippen LogP) is 3.56. The average Bonchev–Trinajstić information content (AvgIpc) is 3.27. The zero-order chi connectivity index (χ0) is 13.3. The van der Waals surface area contributed by atoms with Crippen LogP contribution < -0.4 is 5.32 Å². The fourth-order valence-electron chi connectivity index (χ4n) is 4.55. The largest absolute Gasteiger partial charge is 0.311 e. The van der Waals surface area contributed by atoms with E-state index in [1.54, 1.807) is 0 Å². The van der Waals surface area contributed by atoms with Crippen molar-refractivity contribution in [1.29, 1.82) is 0 Å². The molecule has 0 spiro atoms. The first-order chi connectivity index (χ1) is 9.24. The summed E-state index contributed by atoms with van der Waals surface area (Å²) in [5, 5.41) is 3.86. The number of hydrogen-bond acceptors (Lipinski definition) is 2. The SMILES string of the molecule is CCCC1CN(C2CCCCC2)C(C)(C2CC2)CN1. The van der Waals surface area contributed by atoms with Crippen LogP contribution in [-0.2, 0) is 0 Å². The Hall–Kier alpha value is -0.0800. The molecule has 2 atom stereocenters. The lowest BCUT2D eigenvalue weighted by atomic mass is 9.83. The Labute approximate surface area is 119 Å². The molecule has 3 rings (SSSR count). The summed E-state index contributed by atoms with van der Waals surface area (Å²) in [6.07, 6.45) is 12.9. The minimum Gasteiger partial charge on any atom is -0.311 e. The van der Waals surface area contributed by atoms with E-state index in [-0.39, 0.29) is 0 Å². The van der Waals surface area contributed by atoms with Gasteiger partial charge in [0, 0.05) is 30.7 Å². The molecule has 2 saturated carbocycles. The van der Waals surface area contributed by atoms with Gasteiger partial charge in [0.1, 0.15) is 0 Å². The molecule has 110 valence electrons. The van der Waals surface area contributed by atoms with E-state index in [0.717, 1.165) is 18.0 Å². The second kappa shape index (κ2) is 5.73. The Balaban J connectivity index is 1.72. The van der Waals surface area contributed by atoms with Crippen molar-refractivity contribution < 1.29 is 0 Å². The van der Waals surface area contributed by atoms with Gasteiger partial charge in [-0.05, 0) is 44.9 Å². The molecule has 2 aliphatic carbocycles. The highest BCUT2D eigenvalue weighted by molar-refractivity contribution is 5.06. The lowest BCUT2D eigenvalue weighted by Gasteiger charge is -2.53. The molecule has 1 saturated heterocycles. The van der Waals surface area contributed by atoms with Crippen LogP contribution in [0.25, 0.3) is 0 Å². The third-order valence-corrected chi connectivity index (χ3v) is 5.93. The smallest absolute Gasteiger partial charge is 0.0337 e. The van der Waals surface area contributed by atoms with Crippen LogP contribution >= 0.6 is 0 Å². The van der Waals surface area contributed by atoms with Gasteiger partial charge in [-0.1, -0.05) is 32.6 Å². The summed E-state index contributed by atoms with van der Waals surface area (Å²) in [4.78, 5) is 2.96. The molecule has 0 aromatic carbocycles. The number of nitrogens with zero attached hydrogens (tertiary/aromatic N) is 1. The summed E-state index contributed by atoms with van der Waals surface area (Å²) in [6, 6.07) is 1.64. The maximum Gasteiger partial charge on any atom is 0.0337 e. The fraction of sp³-hybridized carbons (Fsp3) is 1.00. The number of nitrogens with one attached hydrogen (secondary N) is 1. The minimum absolute atomic E-state index is 0.465. The summed E-state index contributed by atoms with van der Waals surface area (Å²) in [6.45, 7) is 7.42. The summed E-state index contributed by atoms with van der Waals surface area (Å²) in [5.41, 5.74) is 0.465. The zero-order valence-electron chi connectivity index (χ0n) is 13.0. The summed E-state index contributed by atoms with van der Waals surface area (Å²) in [5.74, 6) is 0.976. The number of rotatable bonds is 4. The average molecular weight is 264 g/mol. The molecule has 2 nitrogen and oxygen atoms in total. The zero-order valence-corrected chi connectivity index (χ0v) is 13.0. The molecule has 0 bridgehead atoms. The van der Waals surface area contributed by atoms with Crippen molar-refractivity contribution in [2.75, 3.05) is 13.1 Å². The van der Waals surface area contributed by atoms with Crippen LogP contribution in [0.5, 0.6) is 0 Å². The molecule has 1 aliphatic heterocycles. The summed E-state index contributed by atoms with van der Waals surface area (Å²) in [7, 11) is 0. The van der Waals surface area contributed by atoms with Gasteiger partial charge in [-0.2, -0.15) is 0 Å². The monoisotopic (exact) mass is 264 g/mol. The molecule has 1 heterocycles. The van der Waals surface area contributed by atoms with Gasteiger partial charge in [0.25, 0.3) is 0 Å². The van der Waals surface area contributed by atoms with E-state index in [2.05, 4.69) is 24.1 Å². The van der Waals surface area contributed by atoms with Gasteiger partial charge in [-0.3, -0.25) is 4.90 Å². The Morgan fingerprint density at radius 2 is 1.84 bits per heavy atom. The van der Waals surface area contributed by atoms with E-state index in [4.69, 9.17) is 0 Å². The van der Waals surface area contributed by atoms with Gasteiger partial charge in [-0.15, -0.1) is 0 Å². The lowest BCUT2D eigenvalue weighted by molar-refractivity contribution is -0.0153. The molecule has 19 heavy (non-hydrogen) atoms. The van der Waals surface area contributed by atoms with Crippen LogP contribution in [-0.4, -0.2) is 35.6 Å². The molecular weight excluding hydrogens is 232 g/mol. The maximum atomic E-state index is 3.86. The van der Waals surface area contributed by atoms with Gasteiger partial charge < -0.3 is 5.32 Å². The summed E-state index contributed by atoms with van der Waals surface area (Å²) < 4.78 is 0. The molecule has 0 aromatic rings. The molecule has 0 radical (unpaired) electrons. The van der Waals surface area contributed by atoms with E-state index < -0.39 is 0 Å². The molecule has 0 amide bonds. The van der Waals surface area contributed by atoms with Crippen molar-refractivity contribution in [2.45, 2.75) is 89.3 Å². The number of piperazine rings is 1. The molecule has 2 unspecified atom stereocenters. The normalized spacial score (nSPS) is 38.5. The highest BCUT2D eigenvalue weighted by Crippen LogP contribution is 2.46.